The van der Waals surface area contributed by atoms with Crippen molar-refractivity contribution >= 4 is 17.3 Å². The third-order valence-corrected chi connectivity index (χ3v) is 4.66. The van der Waals surface area contributed by atoms with Crippen LogP contribution in [0.1, 0.15) is 48.5 Å². The first-order chi connectivity index (χ1) is 12.0. The number of nitrogens with zero attached hydrogens (tertiary/aromatic N) is 2. The highest BCUT2D eigenvalue weighted by atomic mass is 32.1. The van der Waals surface area contributed by atoms with Gasteiger partial charge in [-0.25, -0.2) is 4.98 Å². The molecular weight excluding hydrogens is 332 g/mol. The van der Waals surface area contributed by atoms with E-state index in [1.165, 1.54) is 5.56 Å². The lowest BCUT2D eigenvalue weighted by Gasteiger charge is -2.13. The van der Waals surface area contributed by atoms with Crippen molar-refractivity contribution in [1.29, 1.82) is 0 Å². The lowest BCUT2D eigenvalue weighted by atomic mass is 10.1. The number of nitrogens with one attached hydrogen (secondary N) is 2. The molecule has 2 rings (SSSR count). The second-order valence-corrected chi connectivity index (χ2v) is 7.08. The Bertz CT molecular complexity index is 709. The molecule has 6 heteroatoms. The third kappa shape index (κ3) is 5.74. The number of aromatic nitrogens is 1. The Balaban J connectivity index is 1.86. The standard InChI is InChI=1S/C19H28N4OS/c1-6-24-17-8-7-15(9-14(17)4)10-21-19(20-5)22-11-18-23-16(12-25-18)13(2)3/h7-9,12-13H,6,10-11H2,1-5H3,(H2,20,21,22). The van der Waals surface area contributed by atoms with Crippen molar-refractivity contribution in [1.82, 2.24) is 15.6 Å². The van der Waals surface area contributed by atoms with Gasteiger partial charge in [-0.15, -0.1) is 11.3 Å². The lowest BCUT2D eigenvalue weighted by molar-refractivity contribution is 0.338. The summed E-state index contributed by atoms with van der Waals surface area (Å²) in [6.45, 7) is 10.5. The Kier molecular flexibility index (Phi) is 7.25. The quantitative estimate of drug-likeness (QED) is 0.582. The molecule has 2 aromatic rings. The molecule has 0 aliphatic carbocycles. The van der Waals surface area contributed by atoms with E-state index in [0.29, 0.717) is 25.6 Å². The van der Waals surface area contributed by atoms with Gasteiger partial charge in [0.15, 0.2) is 5.96 Å². The van der Waals surface area contributed by atoms with Gasteiger partial charge in [-0.1, -0.05) is 26.0 Å². The van der Waals surface area contributed by atoms with Crippen LogP contribution in [-0.4, -0.2) is 24.6 Å². The topological polar surface area (TPSA) is 58.5 Å². The van der Waals surface area contributed by atoms with Crippen LogP contribution >= 0.6 is 11.3 Å². The second-order valence-electron chi connectivity index (χ2n) is 6.13. The van der Waals surface area contributed by atoms with Crippen molar-refractivity contribution < 1.29 is 4.74 Å². The number of hydrogen-bond acceptors (Lipinski definition) is 4. The number of ether oxygens (including phenoxy) is 1. The summed E-state index contributed by atoms with van der Waals surface area (Å²) in [5.41, 5.74) is 3.49. The predicted octanol–water partition coefficient (Wildman–Crippen LogP) is 3.84. The van der Waals surface area contributed by atoms with Crippen molar-refractivity contribution in [3.05, 3.63) is 45.4 Å². The van der Waals surface area contributed by atoms with Gasteiger partial charge in [-0.05, 0) is 37.0 Å². The summed E-state index contributed by atoms with van der Waals surface area (Å²) in [7, 11) is 1.78. The Morgan fingerprint density at radius 3 is 2.64 bits per heavy atom. The maximum Gasteiger partial charge on any atom is 0.191 e. The number of aryl methyl sites for hydroxylation is 1. The Labute approximate surface area is 154 Å². The summed E-state index contributed by atoms with van der Waals surface area (Å²) in [6, 6.07) is 6.24. The van der Waals surface area contributed by atoms with E-state index in [1.807, 2.05) is 13.0 Å². The molecule has 136 valence electrons. The molecular formula is C19H28N4OS. The molecule has 1 aromatic heterocycles. The maximum absolute atomic E-state index is 5.58. The maximum atomic E-state index is 5.58. The van der Waals surface area contributed by atoms with Crippen molar-refractivity contribution in [2.45, 2.75) is 46.7 Å². The zero-order valence-corrected chi connectivity index (χ0v) is 16.5. The fourth-order valence-electron chi connectivity index (χ4n) is 2.38. The van der Waals surface area contributed by atoms with Gasteiger partial charge in [-0.2, -0.15) is 0 Å². The highest BCUT2D eigenvalue weighted by Gasteiger charge is 2.07. The molecule has 0 unspecified atom stereocenters. The molecule has 0 saturated heterocycles. The average molecular weight is 361 g/mol. The van der Waals surface area contributed by atoms with Gasteiger partial charge in [0.2, 0.25) is 0 Å². The molecule has 1 heterocycles. The highest BCUT2D eigenvalue weighted by Crippen LogP contribution is 2.19. The van der Waals surface area contributed by atoms with Crippen LogP contribution in [0, 0.1) is 6.92 Å². The number of aliphatic imine (C=N–C) groups is 1. The Morgan fingerprint density at radius 1 is 1.28 bits per heavy atom. The molecule has 0 aliphatic rings. The lowest BCUT2D eigenvalue weighted by Crippen LogP contribution is -2.36. The van der Waals surface area contributed by atoms with E-state index in [4.69, 9.17) is 4.74 Å². The molecule has 25 heavy (non-hydrogen) atoms. The first-order valence-electron chi connectivity index (χ1n) is 8.64. The largest absolute Gasteiger partial charge is 0.494 e. The minimum Gasteiger partial charge on any atom is -0.494 e. The summed E-state index contributed by atoms with van der Waals surface area (Å²) in [5, 5.41) is 9.85. The second kappa shape index (κ2) is 9.42. The Morgan fingerprint density at radius 2 is 2.04 bits per heavy atom. The molecule has 0 bridgehead atoms. The van der Waals surface area contributed by atoms with E-state index >= 15 is 0 Å². The molecule has 0 atom stereocenters. The van der Waals surface area contributed by atoms with Crippen molar-refractivity contribution in [3.63, 3.8) is 0 Å². The Hall–Kier alpha value is -2.08. The molecule has 0 fully saturated rings. The molecule has 5 nitrogen and oxygen atoms in total. The number of hydrogen-bond donors (Lipinski definition) is 2. The first kappa shape index (κ1) is 19.2. The minimum atomic E-state index is 0.463. The normalized spacial score (nSPS) is 11.7. The van der Waals surface area contributed by atoms with E-state index in [-0.39, 0.29) is 0 Å². The molecule has 0 radical (unpaired) electrons. The van der Waals surface area contributed by atoms with Gasteiger partial charge in [0.25, 0.3) is 0 Å². The van der Waals surface area contributed by atoms with Crippen LogP contribution in [0.4, 0.5) is 0 Å². The van der Waals surface area contributed by atoms with Crippen LogP contribution in [0.15, 0.2) is 28.6 Å². The highest BCUT2D eigenvalue weighted by molar-refractivity contribution is 7.09. The van der Waals surface area contributed by atoms with Gasteiger partial charge < -0.3 is 15.4 Å². The van der Waals surface area contributed by atoms with Crippen molar-refractivity contribution in [3.8, 4) is 5.75 Å². The molecule has 2 N–H and O–H groups in total. The fraction of sp³-hybridized carbons (Fsp3) is 0.474. The third-order valence-electron chi connectivity index (χ3n) is 3.79. The molecule has 0 spiro atoms. The summed E-state index contributed by atoms with van der Waals surface area (Å²) >= 11 is 1.68. The van der Waals surface area contributed by atoms with Gasteiger partial charge in [-0.3, -0.25) is 4.99 Å². The molecule has 1 aromatic carbocycles. The number of thiazole rings is 1. The van der Waals surface area contributed by atoms with Crippen LogP contribution in [0.25, 0.3) is 0 Å². The van der Waals surface area contributed by atoms with E-state index in [0.717, 1.165) is 28.0 Å². The summed E-state index contributed by atoms with van der Waals surface area (Å²) < 4.78 is 5.58. The smallest absolute Gasteiger partial charge is 0.191 e. The first-order valence-corrected chi connectivity index (χ1v) is 9.52. The SMILES string of the molecule is CCOc1ccc(CNC(=NC)NCc2nc(C(C)C)cs2)cc1C. The van der Waals surface area contributed by atoms with E-state index in [1.54, 1.807) is 18.4 Å². The van der Waals surface area contributed by atoms with E-state index in [2.05, 4.69) is 58.9 Å². The van der Waals surface area contributed by atoms with Crippen LogP contribution in [0.5, 0.6) is 5.75 Å². The zero-order chi connectivity index (χ0) is 18.2. The van der Waals surface area contributed by atoms with Crippen molar-refractivity contribution in [2.24, 2.45) is 4.99 Å². The molecule has 0 saturated carbocycles. The van der Waals surface area contributed by atoms with Gasteiger partial charge >= 0.3 is 0 Å². The predicted molar refractivity (Wildman–Crippen MR) is 106 cm³/mol. The molecule has 0 aliphatic heterocycles. The van der Waals surface area contributed by atoms with Crippen LogP contribution in [-0.2, 0) is 13.1 Å². The van der Waals surface area contributed by atoms with Crippen molar-refractivity contribution in [2.75, 3.05) is 13.7 Å². The minimum absolute atomic E-state index is 0.463. The average Bonchev–Trinajstić information content (AvgIpc) is 3.07. The van der Waals surface area contributed by atoms with Gasteiger partial charge in [0, 0.05) is 19.0 Å². The van der Waals surface area contributed by atoms with Crippen LogP contribution in [0.2, 0.25) is 0 Å². The van der Waals surface area contributed by atoms with Gasteiger partial charge in [0.1, 0.15) is 10.8 Å². The number of benzene rings is 1. The number of rotatable bonds is 7. The van der Waals surface area contributed by atoms with E-state index < -0.39 is 0 Å². The van der Waals surface area contributed by atoms with E-state index in [9.17, 15) is 0 Å². The van der Waals surface area contributed by atoms with Crippen LogP contribution in [0.3, 0.4) is 0 Å². The van der Waals surface area contributed by atoms with Gasteiger partial charge in [0.05, 0.1) is 18.8 Å². The number of guanidine groups is 1. The summed E-state index contributed by atoms with van der Waals surface area (Å²) in [6.07, 6.45) is 0. The van der Waals surface area contributed by atoms with Crippen LogP contribution < -0.4 is 15.4 Å². The summed E-state index contributed by atoms with van der Waals surface area (Å²) in [4.78, 5) is 8.91. The zero-order valence-electron chi connectivity index (χ0n) is 15.7. The monoisotopic (exact) mass is 360 g/mol. The summed E-state index contributed by atoms with van der Waals surface area (Å²) in [5.74, 6) is 2.18. The molecule has 0 amide bonds. The fourth-order valence-corrected chi connectivity index (χ4v) is 3.27.